The van der Waals surface area contributed by atoms with Crippen molar-refractivity contribution in [3.8, 4) is 46.0 Å². The van der Waals surface area contributed by atoms with Crippen molar-refractivity contribution in [2.75, 3.05) is 40.1 Å². The van der Waals surface area contributed by atoms with Gasteiger partial charge in [-0.15, -0.1) is 0 Å². The Labute approximate surface area is 405 Å². The molecule has 0 aliphatic carbocycles. The molecule has 0 unspecified atom stereocenters. The lowest BCUT2D eigenvalue weighted by molar-refractivity contribution is 0.0683. The number of aryl methyl sites for hydroxylation is 2. The summed E-state index contributed by atoms with van der Waals surface area (Å²) < 4.78 is 35.8. The van der Waals surface area contributed by atoms with Gasteiger partial charge >= 0.3 is 11.9 Å². The largest absolute Gasteiger partial charge is 0.507 e. The molecule has 5 aromatic rings. The summed E-state index contributed by atoms with van der Waals surface area (Å²) in [4.78, 5) is 21.8. The molecule has 0 radical (unpaired) electrons. The molecule has 0 amide bonds. The second kappa shape index (κ2) is 23.5. The molecule has 0 spiro atoms. The summed E-state index contributed by atoms with van der Waals surface area (Å²) in [6.45, 7) is 3.62. The molecule has 0 atom stereocenters. The first-order valence-corrected chi connectivity index (χ1v) is 23.9. The molecule has 0 aromatic heterocycles. The number of rotatable bonds is 3. The van der Waals surface area contributed by atoms with E-state index < -0.39 is 11.9 Å². The quantitative estimate of drug-likeness (QED) is 0.135. The number of carbonyl (C=O) groups is 2. The third-order valence-electron chi connectivity index (χ3n) is 10.5. The Morgan fingerprint density at radius 1 is 0.500 bits per heavy atom. The van der Waals surface area contributed by atoms with Crippen LogP contribution in [0.25, 0.3) is 0 Å². The summed E-state index contributed by atoms with van der Waals surface area (Å²) in [5.41, 5.74) is 5.62. The van der Waals surface area contributed by atoms with Gasteiger partial charge in [-0.3, -0.25) is 0 Å². The van der Waals surface area contributed by atoms with Crippen LogP contribution in [0.5, 0.6) is 46.0 Å². The second-order valence-corrected chi connectivity index (χ2v) is 18.7. The Morgan fingerprint density at radius 3 is 1.56 bits per heavy atom. The van der Waals surface area contributed by atoms with Gasteiger partial charge < -0.3 is 48.8 Å². The SMILES string of the molecule is COc1cc(Br)cc2c1OCCC2.O=C(O)c1cc(Br)cc2c1CCCO2.O=C(O)c1cccc2c1CCCO2.Oc1cc(Br)cc2c1CCCO2.Oc1cc(Br)cc2c1OCCC2. The first-order valence-electron chi connectivity index (χ1n) is 20.8. The molecule has 0 saturated carbocycles. The van der Waals surface area contributed by atoms with Crippen molar-refractivity contribution in [2.45, 2.75) is 64.2 Å². The van der Waals surface area contributed by atoms with Crippen LogP contribution in [0, 0.1) is 0 Å². The average molecular weight is 1140 g/mol. The van der Waals surface area contributed by atoms with E-state index in [1.165, 1.54) is 5.56 Å². The van der Waals surface area contributed by atoms with E-state index in [4.69, 9.17) is 38.6 Å². The number of carboxylic acids is 2. The number of hydrogen-bond acceptors (Lipinski definition) is 10. The highest BCUT2D eigenvalue weighted by atomic mass is 79.9. The van der Waals surface area contributed by atoms with Crippen LogP contribution in [0.4, 0.5) is 0 Å². The van der Waals surface area contributed by atoms with Crippen LogP contribution in [-0.4, -0.2) is 72.5 Å². The first-order chi connectivity index (χ1) is 30.8. The van der Waals surface area contributed by atoms with Crippen molar-refractivity contribution in [1.82, 2.24) is 0 Å². The van der Waals surface area contributed by atoms with Crippen molar-refractivity contribution in [1.29, 1.82) is 0 Å². The second-order valence-electron chi connectivity index (χ2n) is 15.0. The molecule has 5 aliphatic rings. The number of carboxylic acid groups (broad SMARTS) is 2. The molecule has 16 heteroatoms. The van der Waals surface area contributed by atoms with E-state index in [-0.39, 0.29) is 5.75 Å². The van der Waals surface area contributed by atoms with Crippen LogP contribution in [-0.2, 0) is 32.1 Å². The normalized spacial score (nSPS) is 14.7. The number of aromatic hydroxyl groups is 2. The maximum Gasteiger partial charge on any atom is 0.336 e. The highest BCUT2D eigenvalue weighted by Gasteiger charge is 2.21. The summed E-state index contributed by atoms with van der Waals surface area (Å²) in [6, 6.07) is 19.9. The number of fused-ring (bicyclic) bond motifs is 5. The topological polar surface area (TPSA) is 170 Å². The zero-order chi connectivity index (χ0) is 45.8. The van der Waals surface area contributed by atoms with Gasteiger partial charge in [0.15, 0.2) is 23.0 Å². The standard InChI is InChI=1S/C10H9BrO3.C10H11BrO2.C10H10O3.2C9H9BrO2/c11-6-4-8(10(12)13)7-2-1-3-14-9(7)5-6;1-12-9-6-8(11)5-7-3-2-4-13-10(7)9;11-10(12)8-3-1-5-9-7(8)4-2-6-13-9;10-6-4-8(11)7-2-1-3-12-9(7)5-6;10-7-4-6-2-1-3-12-9(6)8(11)5-7/h4-5H,1-3H2,(H,12,13);5-6H,2-4H2,1H3;1,3,5H,2,4,6H2,(H,11,12);2*4-5,11H,1-3H2. The molecule has 0 fully saturated rings. The molecule has 64 heavy (non-hydrogen) atoms. The third kappa shape index (κ3) is 13.0. The number of methoxy groups -OCH3 is 1. The molecule has 340 valence electrons. The van der Waals surface area contributed by atoms with E-state index in [9.17, 15) is 19.8 Å². The Hall–Kier alpha value is -4.64. The van der Waals surface area contributed by atoms with Crippen molar-refractivity contribution >= 4 is 75.7 Å². The number of halogens is 4. The van der Waals surface area contributed by atoms with Crippen LogP contribution >= 0.6 is 63.7 Å². The number of aromatic carboxylic acids is 2. The van der Waals surface area contributed by atoms with E-state index in [1.807, 2.05) is 30.3 Å². The predicted molar refractivity (Wildman–Crippen MR) is 256 cm³/mol. The fourth-order valence-electron chi connectivity index (χ4n) is 7.60. The van der Waals surface area contributed by atoms with Crippen LogP contribution in [0.2, 0.25) is 0 Å². The highest BCUT2D eigenvalue weighted by Crippen LogP contribution is 2.39. The number of phenolic OH excluding ortho intramolecular Hbond substituents is 2. The summed E-state index contributed by atoms with van der Waals surface area (Å²) in [6.07, 6.45) is 9.45. The van der Waals surface area contributed by atoms with Gasteiger partial charge in [-0.25, -0.2) is 9.59 Å². The average Bonchev–Trinajstić information content (AvgIpc) is 3.29. The molecule has 12 nitrogen and oxygen atoms in total. The minimum Gasteiger partial charge on any atom is -0.507 e. The van der Waals surface area contributed by atoms with Gasteiger partial charge in [-0.2, -0.15) is 0 Å². The van der Waals surface area contributed by atoms with Gasteiger partial charge in [0.2, 0.25) is 0 Å². The monoisotopic (exact) mass is 1130 g/mol. The molecule has 10 rings (SSSR count). The minimum atomic E-state index is -0.895. The Kier molecular flexibility index (Phi) is 17.9. The van der Waals surface area contributed by atoms with Gasteiger partial charge in [-0.05, 0) is 136 Å². The van der Waals surface area contributed by atoms with E-state index >= 15 is 0 Å². The van der Waals surface area contributed by atoms with Crippen molar-refractivity contribution in [2.24, 2.45) is 0 Å². The minimum absolute atomic E-state index is 0.235. The fourth-order valence-corrected chi connectivity index (χ4v) is 9.44. The lowest BCUT2D eigenvalue weighted by Gasteiger charge is -2.19. The van der Waals surface area contributed by atoms with Crippen LogP contribution < -0.4 is 28.4 Å². The first kappa shape index (κ1) is 48.8. The fraction of sp³-hybridized carbons (Fsp3) is 0.333. The smallest absolute Gasteiger partial charge is 0.336 e. The van der Waals surface area contributed by atoms with E-state index in [2.05, 4.69) is 69.8 Å². The molecule has 4 N–H and O–H groups in total. The van der Waals surface area contributed by atoms with Crippen molar-refractivity contribution in [3.63, 3.8) is 0 Å². The zero-order valence-corrected chi connectivity index (χ0v) is 41.4. The molecule has 5 aliphatic heterocycles. The number of ether oxygens (including phenoxy) is 6. The summed E-state index contributed by atoms with van der Waals surface area (Å²) in [7, 11) is 1.67. The third-order valence-corrected chi connectivity index (χ3v) is 12.3. The number of phenols is 2. The van der Waals surface area contributed by atoms with Gasteiger partial charge in [0, 0.05) is 34.6 Å². The molecule has 0 saturated heterocycles. The maximum absolute atomic E-state index is 10.9. The zero-order valence-electron chi connectivity index (χ0n) is 35.0. The Balaban J connectivity index is 0.000000133. The lowest BCUT2D eigenvalue weighted by atomic mass is 10.0. The van der Waals surface area contributed by atoms with Gasteiger partial charge in [-0.1, -0.05) is 69.8 Å². The van der Waals surface area contributed by atoms with E-state index in [0.29, 0.717) is 48.2 Å². The van der Waals surface area contributed by atoms with Crippen LogP contribution in [0.3, 0.4) is 0 Å². The maximum atomic E-state index is 10.9. The molecular formula is C48H48Br4O12. The predicted octanol–water partition coefficient (Wildman–Crippen LogP) is 11.9. The summed E-state index contributed by atoms with van der Waals surface area (Å²) in [5.74, 6) is 3.43. The summed E-state index contributed by atoms with van der Waals surface area (Å²) >= 11 is 13.3. The number of benzene rings is 5. The van der Waals surface area contributed by atoms with E-state index in [0.717, 1.165) is 141 Å². The molecule has 5 heterocycles. The van der Waals surface area contributed by atoms with Crippen LogP contribution in [0.1, 0.15) is 80.6 Å². The summed E-state index contributed by atoms with van der Waals surface area (Å²) in [5, 5.41) is 36.9. The number of hydrogen-bond donors (Lipinski definition) is 4. The molecule has 5 aromatic carbocycles. The van der Waals surface area contributed by atoms with Gasteiger partial charge in [0.25, 0.3) is 0 Å². The van der Waals surface area contributed by atoms with Crippen molar-refractivity contribution < 1.29 is 58.4 Å². The lowest BCUT2D eigenvalue weighted by Crippen LogP contribution is -2.13. The van der Waals surface area contributed by atoms with Gasteiger partial charge in [0.05, 0.1) is 51.3 Å². The molecular weight excluding hydrogens is 1090 g/mol. The Bertz CT molecular complexity index is 2380. The van der Waals surface area contributed by atoms with E-state index in [1.54, 1.807) is 37.4 Å². The Morgan fingerprint density at radius 2 is 0.953 bits per heavy atom. The molecule has 0 bridgehead atoms. The highest BCUT2D eigenvalue weighted by molar-refractivity contribution is 9.11. The van der Waals surface area contributed by atoms with Crippen molar-refractivity contribution in [3.05, 3.63) is 124 Å². The van der Waals surface area contributed by atoms with Crippen LogP contribution in [0.15, 0.2) is 84.6 Å². The van der Waals surface area contributed by atoms with Gasteiger partial charge in [0.1, 0.15) is 23.0 Å².